The molecule has 0 saturated carbocycles. The van der Waals surface area contributed by atoms with Gasteiger partial charge in [-0.15, -0.1) is 0 Å². The molecule has 0 fully saturated rings. The van der Waals surface area contributed by atoms with Crippen molar-refractivity contribution < 1.29 is 18.0 Å². The first-order valence-electron chi connectivity index (χ1n) is 9.55. The Labute approximate surface area is 172 Å². The molecule has 0 aliphatic carbocycles. The van der Waals surface area contributed by atoms with Crippen molar-refractivity contribution >= 4 is 21.8 Å². The molecular weight excluding hydrogens is 390 g/mol. The fourth-order valence-electron chi connectivity index (χ4n) is 2.86. The zero-order chi connectivity index (χ0) is 21.6. The molecule has 0 bridgehead atoms. The highest BCUT2D eigenvalue weighted by Crippen LogP contribution is 2.19. The summed E-state index contributed by atoms with van der Waals surface area (Å²) in [7, 11) is -3.69. The normalized spacial score (nSPS) is 11.3. The second-order valence-electron chi connectivity index (χ2n) is 6.52. The average Bonchev–Trinajstić information content (AvgIpc) is 2.72. The van der Waals surface area contributed by atoms with Gasteiger partial charge in [-0.05, 0) is 48.7 Å². The van der Waals surface area contributed by atoms with Crippen molar-refractivity contribution in [3.05, 3.63) is 64.7 Å². The molecule has 7 nitrogen and oxygen atoms in total. The maximum absolute atomic E-state index is 12.7. The summed E-state index contributed by atoms with van der Waals surface area (Å²) >= 11 is 0. The summed E-state index contributed by atoms with van der Waals surface area (Å²) < 4.78 is 26.7. The highest BCUT2D eigenvalue weighted by atomic mass is 32.2. The molecule has 0 saturated heterocycles. The molecule has 2 aromatic carbocycles. The van der Waals surface area contributed by atoms with Gasteiger partial charge in [-0.1, -0.05) is 39.0 Å². The number of sulfonamides is 1. The van der Waals surface area contributed by atoms with Crippen LogP contribution >= 0.6 is 0 Å². The van der Waals surface area contributed by atoms with Gasteiger partial charge in [-0.2, -0.15) is 4.31 Å². The molecule has 0 spiro atoms. The SMILES string of the molecule is CCc1ccc(C(=O)NNC(=O)c2cc(S(=O)(=O)N(CC)CC)ccc2C)cc1. The maximum atomic E-state index is 12.7. The number of carbonyl (C=O) groups excluding carboxylic acids is 2. The first kappa shape index (κ1) is 22.6. The summed E-state index contributed by atoms with van der Waals surface area (Å²) in [5.74, 6) is -1.04. The number of aryl methyl sites for hydroxylation is 2. The van der Waals surface area contributed by atoms with E-state index < -0.39 is 21.8 Å². The van der Waals surface area contributed by atoms with Crippen LogP contribution in [-0.2, 0) is 16.4 Å². The fourth-order valence-corrected chi connectivity index (χ4v) is 4.35. The van der Waals surface area contributed by atoms with Gasteiger partial charge in [0.1, 0.15) is 0 Å². The zero-order valence-corrected chi connectivity index (χ0v) is 18.0. The second-order valence-corrected chi connectivity index (χ2v) is 8.46. The Morgan fingerprint density at radius 3 is 2.03 bits per heavy atom. The first-order valence-corrected chi connectivity index (χ1v) is 11.0. The van der Waals surface area contributed by atoms with Crippen LogP contribution in [0.2, 0.25) is 0 Å². The zero-order valence-electron chi connectivity index (χ0n) is 17.2. The molecule has 8 heteroatoms. The highest BCUT2D eigenvalue weighted by Gasteiger charge is 2.23. The van der Waals surface area contributed by atoms with E-state index in [2.05, 4.69) is 10.9 Å². The van der Waals surface area contributed by atoms with Crippen LogP contribution in [0.3, 0.4) is 0 Å². The van der Waals surface area contributed by atoms with Crippen molar-refractivity contribution in [1.82, 2.24) is 15.2 Å². The van der Waals surface area contributed by atoms with E-state index in [0.29, 0.717) is 24.2 Å². The van der Waals surface area contributed by atoms with Gasteiger partial charge in [-0.3, -0.25) is 20.4 Å². The number of nitrogens with one attached hydrogen (secondary N) is 2. The molecule has 156 valence electrons. The van der Waals surface area contributed by atoms with E-state index in [-0.39, 0.29) is 10.5 Å². The van der Waals surface area contributed by atoms with E-state index in [1.807, 2.05) is 19.1 Å². The molecule has 2 N–H and O–H groups in total. The van der Waals surface area contributed by atoms with Crippen LogP contribution in [0, 0.1) is 6.92 Å². The lowest BCUT2D eigenvalue weighted by Crippen LogP contribution is -2.42. The van der Waals surface area contributed by atoms with Crippen molar-refractivity contribution in [2.45, 2.75) is 39.0 Å². The van der Waals surface area contributed by atoms with Crippen LogP contribution in [0.4, 0.5) is 0 Å². The molecule has 0 radical (unpaired) electrons. The van der Waals surface area contributed by atoms with Crippen molar-refractivity contribution in [3.63, 3.8) is 0 Å². The monoisotopic (exact) mass is 417 g/mol. The third-order valence-corrected chi connectivity index (χ3v) is 6.76. The number of rotatable bonds is 7. The number of benzene rings is 2. The van der Waals surface area contributed by atoms with Gasteiger partial charge in [-0.25, -0.2) is 8.42 Å². The molecular formula is C21H27N3O4S. The number of hydrogen-bond donors (Lipinski definition) is 2. The topological polar surface area (TPSA) is 95.6 Å². The van der Waals surface area contributed by atoms with E-state index in [0.717, 1.165) is 12.0 Å². The molecule has 2 rings (SSSR count). The molecule has 2 aromatic rings. The molecule has 0 aliphatic heterocycles. The lowest BCUT2D eigenvalue weighted by atomic mass is 10.1. The van der Waals surface area contributed by atoms with E-state index in [1.165, 1.54) is 16.4 Å². The molecule has 0 aromatic heterocycles. The van der Waals surface area contributed by atoms with Crippen LogP contribution < -0.4 is 10.9 Å². The van der Waals surface area contributed by atoms with Gasteiger partial charge >= 0.3 is 0 Å². The Hall–Kier alpha value is -2.71. The van der Waals surface area contributed by atoms with E-state index in [4.69, 9.17) is 0 Å². The molecule has 29 heavy (non-hydrogen) atoms. The molecule has 0 heterocycles. The van der Waals surface area contributed by atoms with Gasteiger partial charge < -0.3 is 0 Å². The van der Waals surface area contributed by atoms with E-state index in [9.17, 15) is 18.0 Å². The Bertz CT molecular complexity index is 981. The summed E-state index contributed by atoms with van der Waals surface area (Å²) in [5, 5.41) is 0. The quantitative estimate of drug-likeness (QED) is 0.677. The molecule has 2 amide bonds. The Morgan fingerprint density at radius 2 is 1.48 bits per heavy atom. The highest BCUT2D eigenvalue weighted by molar-refractivity contribution is 7.89. The van der Waals surface area contributed by atoms with Crippen LogP contribution in [0.25, 0.3) is 0 Å². The molecule has 0 atom stereocenters. The number of carbonyl (C=O) groups is 2. The van der Waals surface area contributed by atoms with Gasteiger partial charge in [0.15, 0.2) is 0 Å². The minimum atomic E-state index is -3.69. The summed E-state index contributed by atoms with van der Waals surface area (Å²) in [5.41, 5.74) is 7.02. The second kappa shape index (κ2) is 9.67. The molecule has 0 unspecified atom stereocenters. The predicted octanol–water partition coefficient (Wildman–Crippen LogP) is 2.66. The standard InChI is InChI=1S/C21H27N3O4S/c1-5-16-9-11-17(12-10-16)20(25)22-23-21(26)19-14-18(13-8-15(19)4)29(27,28)24(6-2)7-3/h8-14H,5-7H2,1-4H3,(H,22,25)(H,23,26). The fraction of sp³-hybridized carbons (Fsp3) is 0.333. The Kier molecular flexibility index (Phi) is 7.53. The third-order valence-electron chi connectivity index (χ3n) is 4.71. The predicted molar refractivity (Wildman–Crippen MR) is 112 cm³/mol. The van der Waals surface area contributed by atoms with Crippen LogP contribution in [-0.4, -0.2) is 37.6 Å². The number of amides is 2. The smallest absolute Gasteiger partial charge is 0.267 e. The third kappa shape index (κ3) is 5.21. The van der Waals surface area contributed by atoms with Gasteiger partial charge in [0.05, 0.1) is 4.90 Å². The van der Waals surface area contributed by atoms with Crippen molar-refractivity contribution in [1.29, 1.82) is 0 Å². The lowest BCUT2D eigenvalue weighted by Gasteiger charge is -2.19. The van der Waals surface area contributed by atoms with Crippen molar-refractivity contribution in [2.24, 2.45) is 0 Å². The van der Waals surface area contributed by atoms with Crippen LogP contribution in [0.5, 0.6) is 0 Å². The largest absolute Gasteiger partial charge is 0.270 e. The maximum Gasteiger partial charge on any atom is 0.270 e. The minimum Gasteiger partial charge on any atom is -0.267 e. The summed E-state index contributed by atoms with van der Waals surface area (Å²) in [6, 6.07) is 11.5. The van der Waals surface area contributed by atoms with Gasteiger partial charge in [0, 0.05) is 24.2 Å². The van der Waals surface area contributed by atoms with Gasteiger partial charge in [0.2, 0.25) is 10.0 Å². The van der Waals surface area contributed by atoms with Crippen LogP contribution in [0.15, 0.2) is 47.4 Å². The number of nitrogens with zero attached hydrogens (tertiary/aromatic N) is 1. The summed E-state index contributed by atoms with van der Waals surface area (Å²) in [6.07, 6.45) is 0.866. The van der Waals surface area contributed by atoms with Crippen LogP contribution in [0.1, 0.15) is 52.6 Å². The summed E-state index contributed by atoms with van der Waals surface area (Å²) in [6.45, 7) is 7.90. The minimum absolute atomic E-state index is 0.0402. The van der Waals surface area contributed by atoms with Crippen molar-refractivity contribution in [2.75, 3.05) is 13.1 Å². The lowest BCUT2D eigenvalue weighted by molar-refractivity contribution is 0.0846. The average molecular weight is 418 g/mol. The first-order chi connectivity index (χ1) is 13.7. The Morgan fingerprint density at radius 1 is 0.897 bits per heavy atom. The Balaban J connectivity index is 2.17. The van der Waals surface area contributed by atoms with Crippen molar-refractivity contribution in [3.8, 4) is 0 Å². The summed E-state index contributed by atoms with van der Waals surface area (Å²) in [4.78, 5) is 24.8. The number of hydrazine groups is 1. The van der Waals surface area contributed by atoms with Gasteiger partial charge in [0.25, 0.3) is 11.8 Å². The number of hydrogen-bond acceptors (Lipinski definition) is 4. The van der Waals surface area contributed by atoms with E-state index in [1.54, 1.807) is 39.0 Å². The molecule has 0 aliphatic rings. The van der Waals surface area contributed by atoms with E-state index >= 15 is 0 Å².